The molecule has 31 heavy (non-hydrogen) atoms. The molecule has 1 fully saturated rings. The van der Waals surface area contributed by atoms with Gasteiger partial charge < -0.3 is 0 Å². The Morgan fingerprint density at radius 1 is 0.839 bits per heavy atom. The smallest absolute Gasteiger partial charge is 0.283 e. The Balaban J connectivity index is 1.37. The molecule has 4 rings (SSSR count). The van der Waals surface area contributed by atoms with Gasteiger partial charge in [0, 0.05) is 50.2 Å². The Bertz CT molecular complexity index is 1020. The van der Waals surface area contributed by atoms with Crippen LogP contribution in [0, 0.1) is 17.0 Å². The van der Waals surface area contributed by atoms with E-state index in [-0.39, 0.29) is 10.6 Å². The van der Waals surface area contributed by atoms with Gasteiger partial charge in [0.05, 0.1) is 9.82 Å². The second-order valence-corrected chi connectivity index (χ2v) is 9.13. The Morgan fingerprint density at radius 2 is 1.45 bits per heavy atom. The van der Waals surface area contributed by atoms with E-state index in [1.807, 2.05) is 49.4 Å². The van der Waals surface area contributed by atoms with E-state index in [1.165, 1.54) is 22.9 Å². The molecule has 1 aliphatic rings. The molecule has 0 aromatic heterocycles. The summed E-state index contributed by atoms with van der Waals surface area (Å²) in [5.74, 6) is 0. The standard InChI is InChI=1S/C25H27N3O2S/c1-20-7-10-23(11-8-20)31-25-12-9-22(17-24(25)28(29)30)19-27-15-13-26(14-16-27)18-21-5-3-2-4-6-21/h2-12,17H,13-16,18-19H2,1H3. The summed E-state index contributed by atoms with van der Waals surface area (Å²) < 4.78 is 0. The van der Waals surface area contributed by atoms with E-state index in [2.05, 4.69) is 34.1 Å². The molecule has 160 valence electrons. The van der Waals surface area contributed by atoms with Crippen LogP contribution in [0.3, 0.4) is 0 Å². The molecule has 0 aliphatic carbocycles. The highest BCUT2D eigenvalue weighted by atomic mass is 32.2. The minimum Gasteiger partial charge on any atom is -0.297 e. The van der Waals surface area contributed by atoms with E-state index >= 15 is 0 Å². The first kappa shape index (κ1) is 21.6. The molecule has 3 aromatic rings. The van der Waals surface area contributed by atoms with Gasteiger partial charge in [0.15, 0.2) is 0 Å². The molecule has 0 bridgehead atoms. The van der Waals surface area contributed by atoms with Crippen molar-refractivity contribution >= 4 is 17.4 Å². The lowest BCUT2D eigenvalue weighted by Gasteiger charge is -2.34. The lowest BCUT2D eigenvalue weighted by atomic mass is 10.1. The van der Waals surface area contributed by atoms with Gasteiger partial charge in [0.2, 0.25) is 0 Å². The Morgan fingerprint density at radius 3 is 2.06 bits per heavy atom. The van der Waals surface area contributed by atoms with E-state index in [9.17, 15) is 10.1 Å². The fraction of sp³-hybridized carbons (Fsp3) is 0.280. The van der Waals surface area contributed by atoms with Crippen molar-refractivity contribution in [2.45, 2.75) is 29.8 Å². The monoisotopic (exact) mass is 433 g/mol. The van der Waals surface area contributed by atoms with E-state index in [1.54, 1.807) is 6.07 Å². The van der Waals surface area contributed by atoms with Crippen LogP contribution in [0.15, 0.2) is 82.6 Å². The van der Waals surface area contributed by atoms with E-state index in [0.29, 0.717) is 4.90 Å². The minimum absolute atomic E-state index is 0.186. The molecule has 3 aromatic carbocycles. The second-order valence-electron chi connectivity index (χ2n) is 8.01. The van der Waals surface area contributed by atoms with E-state index in [0.717, 1.165) is 49.7 Å². The fourth-order valence-corrected chi connectivity index (χ4v) is 4.73. The third-order valence-corrected chi connectivity index (χ3v) is 6.66. The normalized spacial score (nSPS) is 15.1. The van der Waals surface area contributed by atoms with Crippen LogP contribution in [0.2, 0.25) is 0 Å². The Hall–Kier alpha value is -2.67. The topological polar surface area (TPSA) is 49.6 Å². The lowest BCUT2D eigenvalue weighted by molar-refractivity contribution is -0.387. The number of hydrogen-bond acceptors (Lipinski definition) is 5. The number of nitro benzene ring substituents is 1. The molecular formula is C25H27N3O2S. The highest BCUT2D eigenvalue weighted by molar-refractivity contribution is 7.99. The SMILES string of the molecule is Cc1ccc(Sc2ccc(CN3CCN(Cc4ccccc4)CC3)cc2[N+](=O)[O-])cc1. The van der Waals surface area contributed by atoms with Crippen LogP contribution in [0.25, 0.3) is 0 Å². The molecule has 0 unspecified atom stereocenters. The Labute approximate surface area is 187 Å². The molecule has 6 heteroatoms. The van der Waals surface area contributed by atoms with Gasteiger partial charge >= 0.3 is 0 Å². The quantitative estimate of drug-likeness (QED) is 0.370. The van der Waals surface area contributed by atoms with Crippen LogP contribution in [-0.2, 0) is 13.1 Å². The molecule has 0 amide bonds. The van der Waals surface area contributed by atoms with Crippen molar-refractivity contribution in [2.75, 3.05) is 26.2 Å². The van der Waals surface area contributed by atoms with Crippen molar-refractivity contribution in [3.8, 4) is 0 Å². The highest BCUT2D eigenvalue weighted by Gasteiger charge is 2.20. The van der Waals surface area contributed by atoms with Gasteiger partial charge in [-0.05, 0) is 36.2 Å². The number of nitrogens with zero attached hydrogens (tertiary/aromatic N) is 3. The first-order valence-corrected chi connectivity index (χ1v) is 11.4. The maximum atomic E-state index is 11.7. The molecule has 1 saturated heterocycles. The van der Waals surface area contributed by atoms with Gasteiger partial charge in [-0.2, -0.15) is 0 Å². The molecule has 1 aliphatic heterocycles. The molecule has 0 saturated carbocycles. The summed E-state index contributed by atoms with van der Waals surface area (Å²) in [6.45, 7) is 7.73. The minimum atomic E-state index is -0.266. The number of piperazine rings is 1. The third-order valence-electron chi connectivity index (χ3n) is 5.59. The summed E-state index contributed by atoms with van der Waals surface area (Å²) in [6, 6.07) is 24.3. The molecule has 0 N–H and O–H groups in total. The zero-order valence-electron chi connectivity index (χ0n) is 17.7. The van der Waals surface area contributed by atoms with Crippen LogP contribution >= 0.6 is 11.8 Å². The zero-order valence-corrected chi connectivity index (χ0v) is 18.6. The maximum absolute atomic E-state index is 11.7. The first-order chi connectivity index (χ1) is 15.1. The average molecular weight is 434 g/mol. The summed E-state index contributed by atoms with van der Waals surface area (Å²) in [5, 5.41) is 11.7. The maximum Gasteiger partial charge on any atom is 0.283 e. The summed E-state index contributed by atoms with van der Waals surface area (Å²) in [7, 11) is 0. The molecule has 1 heterocycles. The molecular weight excluding hydrogens is 406 g/mol. The zero-order chi connectivity index (χ0) is 21.6. The average Bonchev–Trinajstić information content (AvgIpc) is 2.78. The van der Waals surface area contributed by atoms with E-state index < -0.39 is 0 Å². The van der Waals surface area contributed by atoms with Gasteiger partial charge in [0.1, 0.15) is 0 Å². The van der Waals surface area contributed by atoms with Crippen LogP contribution in [0.4, 0.5) is 5.69 Å². The summed E-state index contributed by atoms with van der Waals surface area (Å²) in [6.07, 6.45) is 0. The number of hydrogen-bond donors (Lipinski definition) is 0. The van der Waals surface area contributed by atoms with E-state index in [4.69, 9.17) is 0 Å². The highest BCUT2D eigenvalue weighted by Crippen LogP contribution is 2.35. The Kier molecular flexibility index (Phi) is 7.02. The molecule has 5 nitrogen and oxygen atoms in total. The van der Waals surface area contributed by atoms with Crippen molar-refractivity contribution in [1.82, 2.24) is 9.80 Å². The summed E-state index contributed by atoms with van der Waals surface area (Å²) in [5.41, 5.74) is 3.70. The van der Waals surface area contributed by atoms with Gasteiger partial charge in [-0.1, -0.05) is 65.9 Å². The predicted molar refractivity (Wildman–Crippen MR) is 125 cm³/mol. The summed E-state index contributed by atoms with van der Waals surface area (Å²) in [4.78, 5) is 18.0. The van der Waals surface area contributed by atoms with Crippen molar-refractivity contribution in [2.24, 2.45) is 0 Å². The number of aryl methyl sites for hydroxylation is 1. The van der Waals surface area contributed by atoms with Crippen LogP contribution in [-0.4, -0.2) is 40.9 Å². The number of benzene rings is 3. The van der Waals surface area contributed by atoms with Crippen molar-refractivity contribution < 1.29 is 4.92 Å². The predicted octanol–water partition coefficient (Wildman–Crippen LogP) is 5.37. The largest absolute Gasteiger partial charge is 0.297 e. The van der Waals surface area contributed by atoms with Crippen LogP contribution in [0.1, 0.15) is 16.7 Å². The van der Waals surface area contributed by atoms with Crippen molar-refractivity contribution in [3.63, 3.8) is 0 Å². The van der Waals surface area contributed by atoms with Crippen molar-refractivity contribution in [3.05, 3.63) is 99.6 Å². The van der Waals surface area contributed by atoms with Crippen molar-refractivity contribution in [1.29, 1.82) is 0 Å². The van der Waals surface area contributed by atoms with Gasteiger partial charge in [-0.3, -0.25) is 19.9 Å². The number of rotatable bonds is 7. The number of nitro groups is 1. The molecule has 0 spiro atoms. The second kappa shape index (κ2) is 10.1. The summed E-state index contributed by atoms with van der Waals surface area (Å²) >= 11 is 1.45. The van der Waals surface area contributed by atoms with Gasteiger partial charge in [-0.15, -0.1) is 0 Å². The molecule has 0 radical (unpaired) electrons. The van der Waals surface area contributed by atoms with Crippen LogP contribution in [0.5, 0.6) is 0 Å². The lowest BCUT2D eigenvalue weighted by Crippen LogP contribution is -2.45. The van der Waals surface area contributed by atoms with Gasteiger partial charge in [0.25, 0.3) is 5.69 Å². The van der Waals surface area contributed by atoms with Crippen LogP contribution < -0.4 is 0 Å². The molecule has 0 atom stereocenters. The fourth-order valence-electron chi connectivity index (χ4n) is 3.83. The first-order valence-electron chi connectivity index (χ1n) is 10.6. The van der Waals surface area contributed by atoms with Gasteiger partial charge in [-0.25, -0.2) is 0 Å². The third kappa shape index (κ3) is 5.94.